The van der Waals surface area contributed by atoms with E-state index in [1.54, 1.807) is 0 Å². The van der Waals surface area contributed by atoms with Crippen molar-refractivity contribution in [3.8, 4) is 0 Å². The van der Waals surface area contributed by atoms with Gasteiger partial charge >= 0.3 is 5.97 Å². The fourth-order valence-electron chi connectivity index (χ4n) is 2.84. The van der Waals surface area contributed by atoms with Crippen LogP contribution in [0.4, 0.5) is 5.82 Å². The van der Waals surface area contributed by atoms with Gasteiger partial charge in [0.15, 0.2) is 5.82 Å². The lowest BCUT2D eigenvalue weighted by atomic mass is 10.1. The Balaban J connectivity index is 2.10. The van der Waals surface area contributed by atoms with Crippen LogP contribution >= 0.6 is 0 Å². The summed E-state index contributed by atoms with van der Waals surface area (Å²) < 4.78 is 4.89. The maximum atomic E-state index is 11.9. The molecule has 0 saturated carbocycles. The molecule has 1 aliphatic rings. The predicted octanol–water partition coefficient (Wildman–Crippen LogP) is 2.08. The Bertz CT molecular complexity index is 657. The molecule has 1 saturated heterocycles. The maximum absolute atomic E-state index is 11.9. The molecule has 1 atom stereocenters. The number of ether oxygens (including phenoxy) is 1. The van der Waals surface area contributed by atoms with Crippen molar-refractivity contribution in [2.24, 2.45) is 0 Å². The highest BCUT2D eigenvalue weighted by molar-refractivity contribution is 5.95. The molecular weight excluding hydrogens is 254 g/mol. The van der Waals surface area contributed by atoms with Gasteiger partial charge in [0, 0.05) is 17.3 Å². The molecule has 1 aromatic carbocycles. The van der Waals surface area contributed by atoms with E-state index in [0.29, 0.717) is 0 Å². The highest BCUT2D eigenvalue weighted by Crippen LogP contribution is 2.31. The zero-order valence-electron chi connectivity index (χ0n) is 11.7. The number of rotatable bonds is 2. The first-order valence-electron chi connectivity index (χ1n) is 6.79. The fraction of sp³-hybridized carbons (Fsp3) is 0.400. The summed E-state index contributed by atoms with van der Waals surface area (Å²) in [5.41, 5.74) is 0.901. The maximum Gasteiger partial charge on any atom is 0.328 e. The largest absolute Gasteiger partial charge is 0.467 e. The number of fused-ring (bicyclic) bond motifs is 1. The molecule has 1 aromatic heterocycles. The number of carbonyl (C=O) groups excluding carboxylic acids is 1. The first-order valence-corrected chi connectivity index (χ1v) is 6.79. The van der Waals surface area contributed by atoms with Gasteiger partial charge in [0.25, 0.3) is 0 Å². The molecule has 0 bridgehead atoms. The Morgan fingerprint density at radius 1 is 1.30 bits per heavy atom. The number of methoxy groups -OCH3 is 1. The van der Waals surface area contributed by atoms with Gasteiger partial charge in [0.2, 0.25) is 0 Å². The van der Waals surface area contributed by atoms with E-state index in [2.05, 4.69) is 10.2 Å². The molecule has 0 spiro atoms. The van der Waals surface area contributed by atoms with Crippen molar-refractivity contribution in [3.63, 3.8) is 0 Å². The van der Waals surface area contributed by atoms with Crippen molar-refractivity contribution in [2.75, 3.05) is 18.6 Å². The SMILES string of the molecule is COC(=O)C1CCCN1c1nnc(C)c2ccccc12. The topological polar surface area (TPSA) is 55.3 Å². The van der Waals surface area contributed by atoms with Crippen LogP contribution in [0.25, 0.3) is 10.8 Å². The zero-order chi connectivity index (χ0) is 14.1. The average molecular weight is 271 g/mol. The third kappa shape index (κ3) is 1.99. The van der Waals surface area contributed by atoms with Gasteiger partial charge in [-0.15, -0.1) is 5.10 Å². The van der Waals surface area contributed by atoms with Crippen molar-refractivity contribution in [1.82, 2.24) is 10.2 Å². The minimum Gasteiger partial charge on any atom is -0.467 e. The molecule has 5 heteroatoms. The van der Waals surface area contributed by atoms with Gasteiger partial charge in [-0.3, -0.25) is 0 Å². The molecule has 1 aliphatic heterocycles. The van der Waals surface area contributed by atoms with Crippen LogP contribution in [0.1, 0.15) is 18.5 Å². The van der Waals surface area contributed by atoms with E-state index in [-0.39, 0.29) is 12.0 Å². The number of esters is 1. The van der Waals surface area contributed by atoms with E-state index in [4.69, 9.17) is 4.74 Å². The zero-order valence-corrected chi connectivity index (χ0v) is 11.7. The number of aromatic nitrogens is 2. The average Bonchev–Trinajstić information content (AvgIpc) is 2.96. The first-order chi connectivity index (χ1) is 9.72. The van der Waals surface area contributed by atoms with Gasteiger partial charge in [0.05, 0.1) is 12.8 Å². The van der Waals surface area contributed by atoms with Gasteiger partial charge in [0.1, 0.15) is 6.04 Å². The first kappa shape index (κ1) is 12.8. The normalized spacial score (nSPS) is 18.5. The number of aryl methyl sites for hydroxylation is 1. The molecule has 0 radical (unpaired) electrons. The summed E-state index contributed by atoms with van der Waals surface area (Å²) in [6.07, 6.45) is 1.76. The summed E-state index contributed by atoms with van der Waals surface area (Å²) in [5.74, 6) is 0.577. The number of hydrogen-bond acceptors (Lipinski definition) is 5. The summed E-state index contributed by atoms with van der Waals surface area (Å²) in [7, 11) is 1.43. The number of hydrogen-bond donors (Lipinski definition) is 0. The summed E-state index contributed by atoms with van der Waals surface area (Å²) in [6.45, 7) is 2.75. The van der Waals surface area contributed by atoms with Crippen LogP contribution < -0.4 is 4.90 Å². The van der Waals surface area contributed by atoms with Crippen LogP contribution in [0.3, 0.4) is 0 Å². The lowest BCUT2D eigenvalue weighted by Crippen LogP contribution is -2.37. The van der Waals surface area contributed by atoms with Crippen LogP contribution in [-0.4, -0.2) is 35.9 Å². The number of anilines is 1. The molecule has 2 aromatic rings. The van der Waals surface area contributed by atoms with Crippen molar-refractivity contribution < 1.29 is 9.53 Å². The number of nitrogens with zero attached hydrogens (tertiary/aromatic N) is 3. The van der Waals surface area contributed by atoms with Crippen LogP contribution in [0.15, 0.2) is 24.3 Å². The Morgan fingerprint density at radius 3 is 2.80 bits per heavy atom. The van der Waals surface area contributed by atoms with E-state index < -0.39 is 0 Å². The second kappa shape index (κ2) is 5.07. The summed E-state index contributed by atoms with van der Waals surface area (Å²) in [4.78, 5) is 13.9. The van der Waals surface area contributed by atoms with Gasteiger partial charge in [-0.2, -0.15) is 5.10 Å². The molecule has 1 unspecified atom stereocenters. The Hall–Kier alpha value is -2.17. The molecule has 5 nitrogen and oxygen atoms in total. The molecule has 104 valence electrons. The molecule has 3 rings (SSSR count). The summed E-state index contributed by atoms with van der Waals surface area (Å²) in [6, 6.07) is 7.78. The monoisotopic (exact) mass is 271 g/mol. The van der Waals surface area contributed by atoms with Gasteiger partial charge in [-0.1, -0.05) is 24.3 Å². The summed E-state index contributed by atoms with van der Waals surface area (Å²) in [5, 5.41) is 10.7. The van der Waals surface area contributed by atoms with E-state index in [1.807, 2.05) is 36.1 Å². The lowest BCUT2D eigenvalue weighted by molar-refractivity contribution is -0.141. The van der Waals surface area contributed by atoms with Crippen LogP contribution in [0, 0.1) is 6.92 Å². The highest BCUT2D eigenvalue weighted by Gasteiger charge is 2.33. The highest BCUT2D eigenvalue weighted by atomic mass is 16.5. The predicted molar refractivity (Wildman–Crippen MR) is 76.7 cm³/mol. The minimum absolute atomic E-state index is 0.200. The van der Waals surface area contributed by atoms with Gasteiger partial charge in [-0.05, 0) is 19.8 Å². The van der Waals surface area contributed by atoms with E-state index in [0.717, 1.165) is 41.7 Å². The summed E-state index contributed by atoms with van der Waals surface area (Å²) >= 11 is 0. The molecular formula is C15H17N3O2. The van der Waals surface area contributed by atoms with E-state index >= 15 is 0 Å². The number of carbonyl (C=O) groups is 1. The second-order valence-corrected chi connectivity index (χ2v) is 5.03. The number of benzene rings is 1. The van der Waals surface area contributed by atoms with Gasteiger partial charge < -0.3 is 9.64 Å². The third-order valence-electron chi connectivity index (χ3n) is 3.85. The standard InChI is InChI=1S/C15H17N3O2/c1-10-11-6-3-4-7-12(11)14(17-16-10)18-9-5-8-13(18)15(19)20-2/h3-4,6-7,13H,5,8-9H2,1-2H3. The second-order valence-electron chi connectivity index (χ2n) is 5.03. The molecule has 0 aliphatic carbocycles. The Morgan fingerprint density at radius 2 is 2.05 bits per heavy atom. The fourth-order valence-corrected chi connectivity index (χ4v) is 2.84. The molecule has 0 N–H and O–H groups in total. The smallest absolute Gasteiger partial charge is 0.328 e. The Kier molecular flexibility index (Phi) is 3.26. The quantitative estimate of drug-likeness (QED) is 0.783. The molecule has 0 amide bonds. The minimum atomic E-state index is -0.250. The van der Waals surface area contributed by atoms with Crippen molar-refractivity contribution in [3.05, 3.63) is 30.0 Å². The van der Waals surface area contributed by atoms with Crippen LogP contribution in [0.2, 0.25) is 0 Å². The lowest BCUT2D eigenvalue weighted by Gasteiger charge is -2.24. The van der Waals surface area contributed by atoms with Crippen molar-refractivity contribution >= 4 is 22.6 Å². The molecule has 20 heavy (non-hydrogen) atoms. The third-order valence-corrected chi connectivity index (χ3v) is 3.85. The van der Waals surface area contributed by atoms with Crippen molar-refractivity contribution in [2.45, 2.75) is 25.8 Å². The Labute approximate surface area is 117 Å². The molecule has 2 heterocycles. The van der Waals surface area contributed by atoms with Crippen LogP contribution in [-0.2, 0) is 9.53 Å². The van der Waals surface area contributed by atoms with Crippen molar-refractivity contribution in [1.29, 1.82) is 0 Å². The van der Waals surface area contributed by atoms with Gasteiger partial charge in [-0.25, -0.2) is 4.79 Å². The molecule has 1 fully saturated rings. The van der Waals surface area contributed by atoms with E-state index in [9.17, 15) is 4.79 Å². The van der Waals surface area contributed by atoms with Crippen LogP contribution in [0.5, 0.6) is 0 Å². The van der Waals surface area contributed by atoms with E-state index in [1.165, 1.54) is 7.11 Å².